The van der Waals surface area contributed by atoms with E-state index in [9.17, 15) is 9.59 Å². The molecular formula is C22H34N4O3. The van der Waals surface area contributed by atoms with Crippen molar-refractivity contribution in [3.05, 3.63) is 29.8 Å². The van der Waals surface area contributed by atoms with Gasteiger partial charge in [-0.2, -0.15) is 0 Å². The van der Waals surface area contributed by atoms with Gasteiger partial charge < -0.3 is 25.6 Å². The number of carbonyl (C=O) groups excluding carboxylic acids is 2. The molecule has 1 aromatic rings. The third-order valence-electron chi connectivity index (χ3n) is 5.69. The number of amides is 4. The number of nitrogens with one attached hydrogen (secondary N) is 3. The Bertz CT molecular complexity index is 705. The van der Waals surface area contributed by atoms with Gasteiger partial charge in [0.1, 0.15) is 0 Å². The minimum absolute atomic E-state index is 0.00140. The number of nitrogens with zero attached hydrogens (tertiary/aromatic N) is 1. The number of carbonyl (C=O) groups is 2. The Morgan fingerprint density at radius 3 is 2.69 bits per heavy atom. The summed E-state index contributed by atoms with van der Waals surface area (Å²) in [4.78, 5) is 26.7. The Labute approximate surface area is 173 Å². The molecule has 2 saturated heterocycles. The first kappa shape index (κ1) is 21.4. The number of anilines is 1. The van der Waals surface area contributed by atoms with Crippen molar-refractivity contribution in [1.29, 1.82) is 0 Å². The van der Waals surface area contributed by atoms with Crippen LogP contribution >= 0.6 is 0 Å². The highest BCUT2D eigenvalue weighted by atomic mass is 16.5. The molecule has 0 bridgehead atoms. The molecule has 2 fully saturated rings. The number of hydrogen-bond donors (Lipinski definition) is 3. The maximum atomic E-state index is 12.7. The fraction of sp³-hybridized carbons (Fsp3) is 0.636. The van der Waals surface area contributed by atoms with Crippen LogP contribution in [-0.4, -0.2) is 54.8 Å². The number of aryl methyl sites for hydroxylation is 1. The highest BCUT2D eigenvalue weighted by Crippen LogP contribution is 2.24. The molecule has 0 radical (unpaired) electrons. The number of rotatable bonds is 4. The average molecular weight is 403 g/mol. The molecule has 1 aromatic carbocycles. The third kappa shape index (κ3) is 6.63. The highest BCUT2D eigenvalue weighted by molar-refractivity contribution is 5.89. The molecule has 3 N–H and O–H groups in total. The predicted molar refractivity (Wildman–Crippen MR) is 114 cm³/mol. The summed E-state index contributed by atoms with van der Waals surface area (Å²) in [5.41, 5.74) is 1.74. The molecule has 0 spiro atoms. The second kappa shape index (κ2) is 9.48. The fourth-order valence-electron chi connectivity index (χ4n) is 4.09. The highest BCUT2D eigenvalue weighted by Gasteiger charge is 2.31. The standard InChI is InChI=1S/C22H34N4O3/c1-16-6-8-18(9-7-16)24-20(27)23-14-17-5-4-11-26(15-17)21(28)25-19-10-12-29-22(2,3)13-19/h6-9,17,19H,4-5,10-15H2,1-3H3,(H,25,28)(H2,23,24,27). The van der Waals surface area contributed by atoms with Crippen LogP contribution in [0.5, 0.6) is 0 Å². The quantitative estimate of drug-likeness (QED) is 0.721. The zero-order valence-electron chi connectivity index (χ0n) is 17.8. The summed E-state index contributed by atoms with van der Waals surface area (Å²) >= 11 is 0. The van der Waals surface area contributed by atoms with Crippen LogP contribution in [0.15, 0.2) is 24.3 Å². The molecule has 3 rings (SSSR count). The van der Waals surface area contributed by atoms with Gasteiger partial charge >= 0.3 is 12.1 Å². The van der Waals surface area contributed by atoms with Gasteiger partial charge in [-0.3, -0.25) is 0 Å². The lowest BCUT2D eigenvalue weighted by Gasteiger charge is -2.38. The SMILES string of the molecule is Cc1ccc(NC(=O)NCC2CCCN(C(=O)NC3CCOC(C)(C)C3)C2)cc1. The molecule has 29 heavy (non-hydrogen) atoms. The largest absolute Gasteiger partial charge is 0.375 e. The third-order valence-corrected chi connectivity index (χ3v) is 5.69. The van der Waals surface area contributed by atoms with E-state index < -0.39 is 0 Å². The van der Waals surface area contributed by atoms with Gasteiger partial charge in [-0.05, 0) is 64.5 Å². The summed E-state index contributed by atoms with van der Waals surface area (Å²) in [6.07, 6.45) is 3.65. The molecule has 2 unspecified atom stereocenters. The van der Waals surface area contributed by atoms with Crippen LogP contribution in [0.25, 0.3) is 0 Å². The zero-order valence-corrected chi connectivity index (χ0v) is 17.8. The van der Waals surface area contributed by atoms with Crippen molar-refractivity contribution >= 4 is 17.7 Å². The van der Waals surface area contributed by atoms with Crippen molar-refractivity contribution in [3.8, 4) is 0 Å². The van der Waals surface area contributed by atoms with E-state index in [1.165, 1.54) is 0 Å². The van der Waals surface area contributed by atoms with Gasteiger partial charge in [0, 0.05) is 38.0 Å². The number of benzene rings is 1. The number of piperidine rings is 1. The Morgan fingerprint density at radius 1 is 1.21 bits per heavy atom. The van der Waals surface area contributed by atoms with Crippen LogP contribution in [0.1, 0.15) is 45.1 Å². The summed E-state index contributed by atoms with van der Waals surface area (Å²) in [5.74, 6) is 0.268. The van der Waals surface area contributed by atoms with E-state index in [2.05, 4.69) is 29.8 Å². The van der Waals surface area contributed by atoms with Gasteiger partial charge in [0.05, 0.1) is 5.60 Å². The van der Waals surface area contributed by atoms with Crippen LogP contribution in [0.3, 0.4) is 0 Å². The summed E-state index contributed by atoms with van der Waals surface area (Å²) in [5, 5.41) is 8.97. The van der Waals surface area contributed by atoms with Gasteiger partial charge in [0.15, 0.2) is 0 Å². The van der Waals surface area contributed by atoms with E-state index in [1.807, 2.05) is 36.1 Å². The molecule has 2 aliphatic heterocycles. The van der Waals surface area contributed by atoms with Crippen molar-refractivity contribution in [2.24, 2.45) is 5.92 Å². The lowest BCUT2D eigenvalue weighted by atomic mass is 9.94. The Hall–Kier alpha value is -2.28. The van der Waals surface area contributed by atoms with Gasteiger partial charge in [-0.25, -0.2) is 9.59 Å². The summed E-state index contributed by atoms with van der Waals surface area (Å²) in [7, 11) is 0. The van der Waals surface area contributed by atoms with Crippen molar-refractivity contribution in [1.82, 2.24) is 15.5 Å². The molecular weight excluding hydrogens is 368 g/mol. The molecule has 0 aliphatic carbocycles. The van der Waals surface area contributed by atoms with Gasteiger partial charge in [-0.15, -0.1) is 0 Å². The van der Waals surface area contributed by atoms with Crippen LogP contribution in [-0.2, 0) is 4.74 Å². The van der Waals surface area contributed by atoms with Crippen LogP contribution in [0, 0.1) is 12.8 Å². The van der Waals surface area contributed by atoms with E-state index in [0.29, 0.717) is 19.7 Å². The minimum Gasteiger partial charge on any atom is -0.375 e. The van der Waals surface area contributed by atoms with Gasteiger partial charge in [0.25, 0.3) is 0 Å². The van der Waals surface area contributed by atoms with Crippen LogP contribution in [0.4, 0.5) is 15.3 Å². The number of ether oxygens (including phenoxy) is 1. The molecule has 2 aliphatic rings. The maximum absolute atomic E-state index is 12.7. The Kier molecular flexibility index (Phi) is 7.00. The second-order valence-corrected chi connectivity index (χ2v) is 8.90. The lowest BCUT2D eigenvalue weighted by molar-refractivity contribution is -0.0616. The van der Waals surface area contributed by atoms with Gasteiger partial charge in [-0.1, -0.05) is 17.7 Å². The predicted octanol–water partition coefficient (Wildman–Crippen LogP) is 3.50. The molecule has 0 aromatic heterocycles. The van der Waals surface area contributed by atoms with E-state index in [-0.39, 0.29) is 29.6 Å². The maximum Gasteiger partial charge on any atom is 0.319 e. The summed E-state index contributed by atoms with van der Waals surface area (Å²) < 4.78 is 5.73. The topological polar surface area (TPSA) is 82.7 Å². The Balaban J connectivity index is 1.42. The molecule has 0 saturated carbocycles. The first-order valence-electron chi connectivity index (χ1n) is 10.6. The summed E-state index contributed by atoms with van der Waals surface area (Å²) in [6.45, 7) is 8.82. The first-order chi connectivity index (χ1) is 13.8. The van der Waals surface area contributed by atoms with Crippen LogP contribution < -0.4 is 16.0 Å². The molecule has 2 heterocycles. The van der Waals surface area contributed by atoms with Crippen molar-refractivity contribution in [3.63, 3.8) is 0 Å². The number of hydrogen-bond acceptors (Lipinski definition) is 3. The van der Waals surface area contributed by atoms with E-state index in [0.717, 1.165) is 43.5 Å². The van der Waals surface area contributed by atoms with Crippen LogP contribution in [0.2, 0.25) is 0 Å². The first-order valence-corrected chi connectivity index (χ1v) is 10.6. The normalized spacial score (nSPS) is 23.9. The average Bonchev–Trinajstić information content (AvgIpc) is 2.68. The van der Waals surface area contributed by atoms with Crippen molar-refractivity contribution in [2.75, 3.05) is 31.6 Å². The van der Waals surface area contributed by atoms with Gasteiger partial charge in [0.2, 0.25) is 0 Å². The van der Waals surface area contributed by atoms with E-state index >= 15 is 0 Å². The van der Waals surface area contributed by atoms with E-state index in [4.69, 9.17) is 4.74 Å². The smallest absolute Gasteiger partial charge is 0.319 e. The molecule has 7 nitrogen and oxygen atoms in total. The van der Waals surface area contributed by atoms with Crippen molar-refractivity contribution < 1.29 is 14.3 Å². The molecule has 7 heteroatoms. The second-order valence-electron chi connectivity index (χ2n) is 8.90. The molecule has 2 atom stereocenters. The molecule has 160 valence electrons. The lowest BCUT2D eigenvalue weighted by Crippen LogP contribution is -2.53. The Morgan fingerprint density at radius 2 is 1.97 bits per heavy atom. The number of likely N-dealkylation sites (tertiary alicyclic amines) is 1. The monoisotopic (exact) mass is 402 g/mol. The zero-order chi connectivity index (χ0) is 20.9. The summed E-state index contributed by atoms with van der Waals surface area (Å²) in [6, 6.07) is 7.66. The number of urea groups is 2. The van der Waals surface area contributed by atoms with E-state index in [1.54, 1.807) is 0 Å². The fourth-order valence-corrected chi connectivity index (χ4v) is 4.09. The van der Waals surface area contributed by atoms with Crippen molar-refractivity contribution in [2.45, 2.75) is 58.1 Å². The minimum atomic E-state index is -0.208. The molecule has 4 amide bonds.